The Labute approximate surface area is 129 Å². The molecular formula is C20H26N+. The van der Waals surface area contributed by atoms with Crippen molar-refractivity contribution in [2.24, 2.45) is 0 Å². The molecule has 0 unspecified atom stereocenters. The molecule has 1 nitrogen and oxygen atoms in total. The molecule has 0 aromatic heterocycles. The second kappa shape index (κ2) is 8.23. The van der Waals surface area contributed by atoms with E-state index in [9.17, 15) is 0 Å². The van der Waals surface area contributed by atoms with E-state index in [4.69, 9.17) is 0 Å². The van der Waals surface area contributed by atoms with Crippen molar-refractivity contribution >= 4 is 12.2 Å². The quantitative estimate of drug-likeness (QED) is 0.424. The highest BCUT2D eigenvalue weighted by Crippen LogP contribution is 2.19. The molecule has 0 aliphatic rings. The predicted molar refractivity (Wildman–Crippen MR) is 95.8 cm³/mol. The molecule has 1 heteroatoms. The molecule has 0 aliphatic carbocycles. The highest BCUT2D eigenvalue weighted by molar-refractivity contribution is 5.57. The summed E-state index contributed by atoms with van der Waals surface area (Å²) >= 11 is 0. The van der Waals surface area contributed by atoms with Gasteiger partial charge in [0.15, 0.2) is 0 Å². The van der Waals surface area contributed by atoms with Crippen LogP contribution in [-0.2, 0) is 6.54 Å². The van der Waals surface area contributed by atoms with E-state index in [2.05, 4.69) is 51.1 Å². The Morgan fingerprint density at radius 1 is 0.714 bits per heavy atom. The van der Waals surface area contributed by atoms with Crippen LogP contribution in [0.15, 0.2) is 69.3 Å². The largest absolute Gasteiger partial charge is 0.310 e. The smallest absolute Gasteiger partial charge is 0.105 e. The van der Waals surface area contributed by atoms with Gasteiger partial charge < -0.3 is 4.48 Å². The summed E-state index contributed by atoms with van der Waals surface area (Å²) in [6.07, 6.45) is 9.66. The summed E-state index contributed by atoms with van der Waals surface area (Å²) in [6.45, 7) is 23.0. The highest BCUT2D eigenvalue weighted by Gasteiger charge is 2.23. The topological polar surface area (TPSA) is 0 Å². The first-order chi connectivity index (χ1) is 10.1. The molecule has 1 aromatic carbocycles. The summed E-state index contributed by atoms with van der Waals surface area (Å²) < 4.78 is 0.855. The van der Waals surface area contributed by atoms with Crippen LogP contribution in [0.3, 0.4) is 0 Å². The second-order valence-electron chi connectivity index (χ2n) is 5.33. The molecule has 0 N–H and O–H groups in total. The fraction of sp³-hybridized carbons (Fsp3) is 0.200. The van der Waals surface area contributed by atoms with Crippen molar-refractivity contribution in [3.8, 4) is 0 Å². The third-order valence-electron chi connectivity index (χ3n) is 3.58. The number of benzene rings is 1. The summed E-state index contributed by atoms with van der Waals surface area (Å²) in [7, 11) is 0. The van der Waals surface area contributed by atoms with Gasteiger partial charge in [-0.3, -0.25) is 0 Å². The molecule has 0 bridgehead atoms. The lowest BCUT2D eigenvalue weighted by molar-refractivity contribution is -0.924. The van der Waals surface area contributed by atoms with Crippen molar-refractivity contribution in [1.82, 2.24) is 0 Å². The Hall–Kier alpha value is -2.12. The Morgan fingerprint density at radius 2 is 1.14 bits per heavy atom. The van der Waals surface area contributed by atoms with E-state index in [1.165, 1.54) is 5.56 Å². The summed E-state index contributed by atoms with van der Waals surface area (Å²) in [5.41, 5.74) is 3.51. The monoisotopic (exact) mass is 280 g/mol. The molecule has 0 amide bonds. The van der Waals surface area contributed by atoms with Gasteiger partial charge in [-0.25, -0.2) is 0 Å². The van der Waals surface area contributed by atoms with Crippen LogP contribution >= 0.6 is 0 Å². The Kier molecular flexibility index (Phi) is 6.64. The van der Waals surface area contributed by atoms with Crippen LogP contribution in [0.1, 0.15) is 16.7 Å². The maximum atomic E-state index is 3.90. The van der Waals surface area contributed by atoms with Crippen LogP contribution in [0.5, 0.6) is 0 Å². The van der Waals surface area contributed by atoms with Crippen LogP contribution in [0.4, 0.5) is 0 Å². The van der Waals surface area contributed by atoms with Gasteiger partial charge in [0.1, 0.15) is 6.54 Å². The minimum atomic E-state index is 0.855. The molecule has 0 aliphatic heterocycles. The zero-order valence-electron chi connectivity index (χ0n) is 12.9. The lowest BCUT2D eigenvalue weighted by Gasteiger charge is -2.36. The summed E-state index contributed by atoms with van der Waals surface area (Å²) in [4.78, 5) is 0. The molecule has 1 rings (SSSR count). The number of nitrogens with zero attached hydrogens (tertiary/aromatic N) is 1. The molecule has 0 fully saturated rings. The van der Waals surface area contributed by atoms with Crippen molar-refractivity contribution < 1.29 is 4.48 Å². The zero-order chi connectivity index (χ0) is 15.7. The number of hydrogen-bond acceptors (Lipinski definition) is 0. The maximum Gasteiger partial charge on any atom is 0.105 e. The third-order valence-corrected chi connectivity index (χ3v) is 3.58. The zero-order valence-corrected chi connectivity index (χ0v) is 12.9. The van der Waals surface area contributed by atoms with Gasteiger partial charge in [0.05, 0.1) is 19.6 Å². The van der Waals surface area contributed by atoms with E-state index >= 15 is 0 Å². The summed E-state index contributed by atoms with van der Waals surface area (Å²) in [5, 5.41) is 0. The summed E-state index contributed by atoms with van der Waals surface area (Å²) in [6, 6.07) is 6.46. The first-order valence-electron chi connectivity index (χ1n) is 7.19. The van der Waals surface area contributed by atoms with E-state index in [1.54, 1.807) is 0 Å². The molecule has 0 heterocycles. The first kappa shape index (κ1) is 16.9. The molecule has 21 heavy (non-hydrogen) atoms. The summed E-state index contributed by atoms with van der Waals surface area (Å²) in [5.74, 6) is 0. The molecular weight excluding hydrogens is 254 g/mol. The normalized spacial score (nSPS) is 10.7. The van der Waals surface area contributed by atoms with Crippen LogP contribution < -0.4 is 0 Å². The van der Waals surface area contributed by atoms with E-state index < -0.39 is 0 Å². The van der Waals surface area contributed by atoms with E-state index in [0.717, 1.165) is 41.8 Å². The number of rotatable bonds is 10. The Morgan fingerprint density at radius 3 is 1.48 bits per heavy atom. The van der Waals surface area contributed by atoms with Crippen molar-refractivity contribution in [2.75, 3.05) is 19.6 Å². The molecule has 0 saturated carbocycles. The van der Waals surface area contributed by atoms with Gasteiger partial charge in [-0.1, -0.05) is 45.0 Å². The Bertz CT molecular complexity index is 484. The average molecular weight is 280 g/mol. The average Bonchev–Trinajstić information content (AvgIpc) is 2.47. The van der Waals surface area contributed by atoms with Crippen LogP contribution in [0, 0.1) is 0 Å². The fourth-order valence-corrected chi connectivity index (χ4v) is 2.70. The predicted octanol–water partition coefficient (Wildman–Crippen LogP) is 4.85. The molecule has 0 saturated heterocycles. The van der Waals surface area contributed by atoms with Gasteiger partial charge in [-0.2, -0.15) is 0 Å². The van der Waals surface area contributed by atoms with Gasteiger partial charge in [0, 0.05) is 5.56 Å². The molecule has 0 atom stereocenters. The van der Waals surface area contributed by atoms with E-state index in [1.807, 2.05) is 30.4 Å². The highest BCUT2D eigenvalue weighted by atomic mass is 15.3. The fourth-order valence-electron chi connectivity index (χ4n) is 2.70. The third kappa shape index (κ3) is 4.73. The van der Waals surface area contributed by atoms with Crippen LogP contribution in [-0.4, -0.2) is 24.1 Å². The lowest BCUT2D eigenvalue weighted by atomic mass is 10.0. The maximum absolute atomic E-state index is 3.90. The van der Waals surface area contributed by atoms with Crippen molar-refractivity contribution in [1.29, 1.82) is 0 Å². The van der Waals surface area contributed by atoms with Gasteiger partial charge in [0.2, 0.25) is 0 Å². The van der Waals surface area contributed by atoms with Crippen molar-refractivity contribution in [2.45, 2.75) is 6.54 Å². The van der Waals surface area contributed by atoms with Crippen LogP contribution in [0.25, 0.3) is 12.2 Å². The van der Waals surface area contributed by atoms with Gasteiger partial charge >= 0.3 is 0 Å². The second-order valence-corrected chi connectivity index (χ2v) is 5.33. The van der Waals surface area contributed by atoms with Crippen molar-refractivity contribution in [3.63, 3.8) is 0 Å². The number of hydrogen-bond donors (Lipinski definition) is 0. The number of quaternary nitrogens is 1. The molecule has 1 aromatic rings. The van der Waals surface area contributed by atoms with Crippen LogP contribution in [0.2, 0.25) is 0 Å². The molecule has 110 valence electrons. The minimum Gasteiger partial charge on any atom is -0.310 e. The Balaban J connectivity index is 3.19. The standard InChI is InChI=1S/C20H26N/c1-6-11-21(12-7-2,13-8-3)17-20-15-18(9-4)14-19(10-5)16-20/h6-10,14-16H,1-5,11-13,17H2/q+1. The van der Waals surface area contributed by atoms with Gasteiger partial charge in [-0.05, 0) is 47.6 Å². The van der Waals surface area contributed by atoms with E-state index in [0.29, 0.717) is 0 Å². The SMILES string of the molecule is C=CC[N+](CC=C)(CC=C)Cc1cc(C=C)cc(C=C)c1. The minimum absolute atomic E-state index is 0.855. The van der Waals surface area contributed by atoms with Gasteiger partial charge in [-0.15, -0.1) is 0 Å². The van der Waals surface area contributed by atoms with E-state index in [-0.39, 0.29) is 0 Å². The van der Waals surface area contributed by atoms with Crippen molar-refractivity contribution in [3.05, 3.63) is 86.0 Å². The molecule has 0 radical (unpaired) electrons. The lowest BCUT2D eigenvalue weighted by Crippen LogP contribution is -2.47. The molecule has 0 spiro atoms. The first-order valence-corrected chi connectivity index (χ1v) is 7.19. The van der Waals surface area contributed by atoms with Gasteiger partial charge in [0.25, 0.3) is 0 Å².